The van der Waals surface area contributed by atoms with Gasteiger partial charge in [-0.2, -0.15) is 0 Å². The van der Waals surface area contributed by atoms with Gasteiger partial charge in [-0.15, -0.1) is 0 Å². The van der Waals surface area contributed by atoms with Crippen LogP contribution in [0.3, 0.4) is 0 Å². The summed E-state index contributed by atoms with van der Waals surface area (Å²) in [6.07, 6.45) is 0. The van der Waals surface area contributed by atoms with Crippen molar-refractivity contribution < 1.29 is 0 Å². The molecule has 0 radical (unpaired) electrons. The maximum atomic E-state index is 11.8. The van der Waals surface area contributed by atoms with Crippen LogP contribution in [0.25, 0.3) is 22.0 Å². The van der Waals surface area contributed by atoms with Gasteiger partial charge in [0.25, 0.3) is 5.56 Å². The molecule has 3 rings (SSSR count). The van der Waals surface area contributed by atoms with Crippen molar-refractivity contribution in [3.63, 3.8) is 0 Å². The molecule has 0 atom stereocenters. The summed E-state index contributed by atoms with van der Waals surface area (Å²) in [6.45, 7) is 0. The van der Waals surface area contributed by atoms with Crippen LogP contribution in [-0.2, 0) is 0 Å². The highest BCUT2D eigenvalue weighted by atomic mass is 79.9. The van der Waals surface area contributed by atoms with Crippen LogP contribution in [0.15, 0.2) is 56.5 Å². The van der Waals surface area contributed by atoms with E-state index in [9.17, 15) is 9.59 Å². The van der Waals surface area contributed by atoms with E-state index in [0.29, 0.717) is 10.9 Å². The highest BCUT2D eigenvalue weighted by Crippen LogP contribution is 2.23. The van der Waals surface area contributed by atoms with Gasteiger partial charge in [0.2, 0.25) is 0 Å². The zero-order valence-corrected chi connectivity index (χ0v) is 11.3. The Labute approximate surface area is 116 Å². The number of fused-ring (bicyclic) bond motifs is 1. The summed E-state index contributed by atoms with van der Waals surface area (Å²) < 4.78 is 0.999. The average molecular weight is 317 g/mol. The third kappa shape index (κ3) is 2.24. The first-order valence-electron chi connectivity index (χ1n) is 5.66. The Kier molecular flexibility index (Phi) is 2.83. The molecule has 0 aliphatic carbocycles. The number of aromatic nitrogens is 2. The van der Waals surface area contributed by atoms with Crippen molar-refractivity contribution in [3.05, 3.63) is 67.8 Å². The second kappa shape index (κ2) is 4.51. The number of hydrogen-bond donors (Lipinski definition) is 2. The Hall–Kier alpha value is -2.14. The molecule has 5 heteroatoms. The van der Waals surface area contributed by atoms with Crippen LogP contribution in [0.5, 0.6) is 0 Å². The van der Waals surface area contributed by atoms with E-state index < -0.39 is 5.69 Å². The molecule has 1 heterocycles. The highest BCUT2D eigenvalue weighted by Gasteiger charge is 2.03. The molecule has 0 aliphatic heterocycles. The normalized spacial score (nSPS) is 10.8. The van der Waals surface area contributed by atoms with Crippen molar-refractivity contribution in [2.45, 2.75) is 0 Å². The Morgan fingerprint density at radius 2 is 1.53 bits per heavy atom. The molecule has 0 aliphatic rings. The lowest BCUT2D eigenvalue weighted by atomic mass is 10.0. The third-order valence-electron chi connectivity index (χ3n) is 2.92. The molecule has 0 spiro atoms. The second-order valence-corrected chi connectivity index (χ2v) is 5.09. The van der Waals surface area contributed by atoms with Gasteiger partial charge in [-0.1, -0.05) is 34.1 Å². The molecule has 2 N–H and O–H groups in total. The molecule has 1 aromatic heterocycles. The number of hydrogen-bond acceptors (Lipinski definition) is 2. The fourth-order valence-electron chi connectivity index (χ4n) is 1.99. The summed E-state index contributed by atoms with van der Waals surface area (Å²) in [6, 6.07) is 13.2. The first-order chi connectivity index (χ1) is 9.13. The van der Waals surface area contributed by atoms with Crippen molar-refractivity contribution in [1.29, 1.82) is 0 Å². The van der Waals surface area contributed by atoms with E-state index in [1.54, 1.807) is 12.1 Å². The van der Waals surface area contributed by atoms with Crippen LogP contribution in [0.4, 0.5) is 0 Å². The molecule has 19 heavy (non-hydrogen) atoms. The SMILES string of the molecule is O=c1[nH]c(=O)c2cc(-c3ccc(Br)cc3)ccc2[nH]1. The first-order valence-corrected chi connectivity index (χ1v) is 6.45. The first kappa shape index (κ1) is 11.9. The molecule has 0 saturated heterocycles. The minimum absolute atomic E-state index is 0.377. The fraction of sp³-hybridized carbons (Fsp3) is 0. The minimum atomic E-state index is -0.492. The minimum Gasteiger partial charge on any atom is -0.307 e. The van der Waals surface area contributed by atoms with Crippen LogP contribution in [0, 0.1) is 0 Å². The van der Waals surface area contributed by atoms with E-state index >= 15 is 0 Å². The maximum absolute atomic E-state index is 11.8. The van der Waals surface area contributed by atoms with Crippen LogP contribution in [0.1, 0.15) is 0 Å². The average Bonchev–Trinajstić information content (AvgIpc) is 2.39. The molecule has 0 fully saturated rings. The van der Waals surface area contributed by atoms with Gasteiger partial charge >= 0.3 is 5.69 Å². The molecule has 0 bridgehead atoms. The fourth-order valence-corrected chi connectivity index (χ4v) is 2.25. The van der Waals surface area contributed by atoms with Gasteiger partial charge < -0.3 is 4.98 Å². The monoisotopic (exact) mass is 316 g/mol. The van der Waals surface area contributed by atoms with Crippen LogP contribution in [0.2, 0.25) is 0 Å². The molecule has 0 unspecified atom stereocenters. The number of halogens is 1. The van der Waals surface area contributed by atoms with Crippen LogP contribution >= 0.6 is 15.9 Å². The van der Waals surface area contributed by atoms with Gasteiger partial charge in [0, 0.05) is 4.47 Å². The van der Waals surface area contributed by atoms with Gasteiger partial charge in [-0.05, 0) is 35.4 Å². The van der Waals surface area contributed by atoms with E-state index in [1.807, 2.05) is 30.3 Å². The van der Waals surface area contributed by atoms with Gasteiger partial charge in [0.15, 0.2) is 0 Å². The quantitative estimate of drug-likeness (QED) is 0.724. The number of benzene rings is 2. The van der Waals surface area contributed by atoms with E-state index in [-0.39, 0.29) is 5.56 Å². The topological polar surface area (TPSA) is 65.7 Å². The van der Waals surface area contributed by atoms with Gasteiger partial charge in [0.05, 0.1) is 10.9 Å². The van der Waals surface area contributed by atoms with Crippen LogP contribution in [-0.4, -0.2) is 9.97 Å². The third-order valence-corrected chi connectivity index (χ3v) is 3.45. The van der Waals surface area contributed by atoms with Crippen molar-refractivity contribution in [1.82, 2.24) is 9.97 Å². The smallest absolute Gasteiger partial charge is 0.307 e. The highest BCUT2D eigenvalue weighted by molar-refractivity contribution is 9.10. The zero-order valence-electron chi connectivity index (χ0n) is 9.74. The standard InChI is InChI=1S/C14H9BrN2O2/c15-10-4-1-8(2-5-10)9-3-6-12-11(7-9)13(18)17-14(19)16-12/h1-7H,(H2,16,17,18,19). The summed E-state index contributed by atoms with van der Waals surface area (Å²) in [7, 11) is 0. The number of rotatable bonds is 1. The van der Waals surface area contributed by atoms with Crippen molar-refractivity contribution in [3.8, 4) is 11.1 Å². The molecule has 94 valence electrons. The lowest BCUT2D eigenvalue weighted by Crippen LogP contribution is -2.21. The Balaban J connectivity index is 2.24. The van der Waals surface area contributed by atoms with Crippen molar-refractivity contribution >= 4 is 26.8 Å². The summed E-state index contributed by atoms with van der Waals surface area (Å²) in [5.74, 6) is 0. The van der Waals surface area contributed by atoms with Crippen LogP contribution < -0.4 is 11.2 Å². The summed E-state index contributed by atoms with van der Waals surface area (Å²) in [5.41, 5.74) is 1.61. The molecule has 0 saturated carbocycles. The second-order valence-electron chi connectivity index (χ2n) is 4.18. The predicted molar refractivity (Wildman–Crippen MR) is 78.3 cm³/mol. The number of H-pyrrole nitrogens is 2. The predicted octanol–water partition coefficient (Wildman–Crippen LogP) is 2.65. The Morgan fingerprint density at radius 1 is 0.842 bits per heavy atom. The maximum Gasteiger partial charge on any atom is 0.326 e. The molecule has 4 nitrogen and oxygen atoms in total. The largest absolute Gasteiger partial charge is 0.326 e. The number of nitrogens with one attached hydrogen (secondary N) is 2. The molecule has 3 aromatic rings. The van der Waals surface area contributed by atoms with E-state index in [1.165, 1.54) is 0 Å². The zero-order chi connectivity index (χ0) is 13.4. The molecular formula is C14H9BrN2O2. The van der Waals surface area contributed by atoms with Crippen molar-refractivity contribution in [2.24, 2.45) is 0 Å². The van der Waals surface area contributed by atoms with Gasteiger partial charge in [-0.25, -0.2) is 4.79 Å². The molecule has 2 aromatic carbocycles. The Morgan fingerprint density at radius 3 is 2.26 bits per heavy atom. The van der Waals surface area contributed by atoms with E-state index in [2.05, 4.69) is 25.9 Å². The van der Waals surface area contributed by atoms with Gasteiger partial charge in [-0.3, -0.25) is 9.78 Å². The summed E-state index contributed by atoms with van der Waals surface area (Å²) in [5, 5.41) is 0.472. The molecule has 0 amide bonds. The lowest BCUT2D eigenvalue weighted by Gasteiger charge is -2.03. The lowest BCUT2D eigenvalue weighted by molar-refractivity contribution is 1.08. The van der Waals surface area contributed by atoms with E-state index in [0.717, 1.165) is 15.6 Å². The molecular weight excluding hydrogens is 308 g/mol. The van der Waals surface area contributed by atoms with E-state index in [4.69, 9.17) is 0 Å². The summed E-state index contributed by atoms with van der Waals surface area (Å²) in [4.78, 5) is 27.8. The summed E-state index contributed by atoms with van der Waals surface area (Å²) >= 11 is 3.38. The van der Waals surface area contributed by atoms with Crippen molar-refractivity contribution in [2.75, 3.05) is 0 Å². The Bertz CT molecular complexity index is 863. The number of aromatic amines is 2. The van der Waals surface area contributed by atoms with Gasteiger partial charge in [0.1, 0.15) is 0 Å².